The molecule has 2 fully saturated rings. The molecule has 186 valence electrons. The number of carbonyl (C=O) groups is 3. The normalized spacial score (nSPS) is 30.4. The molecule has 1 heterocycles. The van der Waals surface area contributed by atoms with Gasteiger partial charge in [0.05, 0.1) is 0 Å². The van der Waals surface area contributed by atoms with Crippen molar-refractivity contribution < 1.29 is 19.5 Å². The molecular weight excluding hydrogens is 442 g/mol. The molecule has 0 spiro atoms. The lowest BCUT2D eigenvalue weighted by molar-refractivity contribution is -0.136. The molecule has 3 amide bonds. The van der Waals surface area contributed by atoms with Crippen LogP contribution in [0.2, 0.25) is 0 Å². The van der Waals surface area contributed by atoms with E-state index in [1.54, 1.807) is 0 Å². The minimum Gasteiger partial charge on any atom is -0.508 e. The Morgan fingerprint density at radius 1 is 1.11 bits per heavy atom. The average Bonchev–Trinajstić information content (AvgIpc) is 3.35. The van der Waals surface area contributed by atoms with Gasteiger partial charge in [0.2, 0.25) is 5.91 Å². The van der Waals surface area contributed by atoms with Crippen molar-refractivity contribution in [2.45, 2.75) is 77.0 Å². The van der Waals surface area contributed by atoms with E-state index in [-0.39, 0.29) is 23.1 Å². The molecule has 3 aliphatic carbocycles. The van der Waals surface area contributed by atoms with E-state index in [0.717, 1.165) is 50.7 Å². The second-order valence-electron chi connectivity index (χ2n) is 10.9. The number of hydrogen-bond donors (Lipinski definition) is 2. The van der Waals surface area contributed by atoms with Crippen molar-refractivity contribution in [3.05, 3.63) is 41.5 Å². The number of rotatable bonds is 7. The highest BCUT2D eigenvalue weighted by Crippen LogP contribution is 2.59. The number of carbonyl (C=O) groups excluding carboxylic acids is 3. The second kappa shape index (κ2) is 9.59. The number of fused-ring (bicyclic) bond motifs is 5. The number of nitrogens with zero attached hydrogens (tertiary/aromatic N) is 2. The highest BCUT2D eigenvalue weighted by atomic mass is 16.3. The monoisotopic (exact) mass is 477 g/mol. The van der Waals surface area contributed by atoms with Crippen LogP contribution in [-0.2, 0) is 20.8 Å². The van der Waals surface area contributed by atoms with Gasteiger partial charge in [0.25, 0.3) is 11.8 Å². The SMILES string of the molecule is CC12CCC3c4ccc(O)cc4CCC3C1CC/C2=N\NC(=O)CCCCCN1C(=O)C=CC1=O. The topological polar surface area (TPSA) is 99.1 Å². The highest BCUT2D eigenvalue weighted by molar-refractivity contribution is 6.12. The zero-order valence-electron chi connectivity index (χ0n) is 20.5. The first kappa shape index (κ1) is 23.8. The Morgan fingerprint density at radius 2 is 1.91 bits per heavy atom. The van der Waals surface area contributed by atoms with Gasteiger partial charge in [0.15, 0.2) is 0 Å². The van der Waals surface area contributed by atoms with Crippen molar-refractivity contribution in [2.75, 3.05) is 6.54 Å². The molecular formula is C28H35N3O4. The van der Waals surface area contributed by atoms with Crippen LogP contribution in [0.25, 0.3) is 0 Å². The van der Waals surface area contributed by atoms with Crippen molar-refractivity contribution in [2.24, 2.45) is 22.4 Å². The summed E-state index contributed by atoms with van der Waals surface area (Å²) >= 11 is 0. The molecule has 7 heteroatoms. The number of unbranched alkanes of at least 4 members (excludes halogenated alkanes) is 2. The zero-order chi connectivity index (χ0) is 24.6. The molecule has 4 unspecified atom stereocenters. The van der Waals surface area contributed by atoms with E-state index in [1.807, 2.05) is 12.1 Å². The quantitative estimate of drug-likeness (QED) is 0.349. The molecule has 0 radical (unpaired) electrons. The molecule has 0 aromatic heterocycles. The standard InChI is InChI=1S/C28H35N3O4/c1-28-15-14-21-20-9-7-19(32)17-18(20)6-8-22(21)23(28)10-11-24(28)29-30-25(33)5-3-2-4-16-31-26(34)12-13-27(31)35/h7,9,12-13,17,21-23,32H,2-6,8,10-11,14-16H2,1H3,(H,30,33)/b29-24+. The lowest BCUT2D eigenvalue weighted by atomic mass is 9.55. The van der Waals surface area contributed by atoms with E-state index in [0.29, 0.717) is 49.3 Å². The second-order valence-corrected chi connectivity index (χ2v) is 10.9. The maximum absolute atomic E-state index is 12.4. The number of benzene rings is 1. The molecule has 1 aromatic rings. The largest absolute Gasteiger partial charge is 0.508 e. The summed E-state index contributed by atoms with van der Waals surface area (Å²) in [6, 6.07) is 5.90. The van der Waals surface area contributed by atoms with Gasteiger partial charge in [-0.05, 0) is 92.4 Å². The van der Waals surface area contributed by atoms with Crippen LogP contribution in [-0.4, -0.2) is 40.0 Å². The van der Waals surface area contributed by atoms with E-state index in [1.165, 1.54) is 28.2 Å². The molecule has 4 atom stereocenters. The Morgan fingerprint density at radius 3 is 2.71 bits per heavy atom. The Kier molecular flexibility index (Phi) is 6.51. The number of nitrogens with one attached hydrogen (secondary N) is 1. The minimum absolute atomic E-state index is 0.0473. The van der Waals surface area contributed by atoms with E-state index >= 15 is 0 Å². The lowest BCUT2D eigenvalue weighted by Crippen LogP contribution is -2.43. The molecule has 0 bridgehead atoms. The maximum atomic E-state index is 12.4. The number of imide groups is 1. The fourth-order valence-electron chi connectivity index (χ4n) is 7.11. The summed E-state index contributed by atoms with van der Waals surface area (Å²) < 4.78 is 0. The van der Waals surface area contributed by atoms with E-state index < -0.39 is 0 Å². The third-order valence-electron chi connectivity index (χ3n) is 8.95. The molecule has 2 N–H and O–H groups in total. The Hall–Kier alpha value is -2.96. The smallest absolute Gasteiger partial charge is 0.253 e. The van der Waals surface area contributed by atoms with Crippen LogP contribution in [0.15, 0.2) is 35.5 Å². The number of aromatic hydroxyl groups is 1. The van der Waals surface area contributed by atoms with Crippen LogP contribution in [0.1, 0.15) is 81.8 Å². The summed E-state index contributed by atoms with van der Waals surface area (Å²) in [6.07, 6.45) is 11.6. The van der Waals surface area contributed by atoms with Crippen LogP contribution < -0.4 is 5.43 Å². The summed E-state index contributed by atoms with van der Waals surface area (Å²) in [7, 11) is 0. The van der Waals surface area contributed by atoms with E-state index in [2.05, 4.69) is 23.5 Å². The Bertz CT molecular complexity index is 1080. The van der Waals surface area contributed by atoms with Crippen molar-refractivity contribution >= 4 is 23.4 Å². The van der Waals surface area contributed by atoms with Gasteiger partial charge in [-0.15, -0.1) is 0 Å². The minimum atomic E-state index is -0.252. The molecule has 35 heavy (non-hydrogen) atoms. The van der Waals surface area contributed by atoms with Crippen molar-refractivity contribution in [1.29, 1.82) is 0 Å². The Balaban J connectivity index is 1.12. The van der Waals surface area contributed by atoms with Crippen molar-refractivity contribution in [3.8, 4) is 5.75 Å². The molecule has 4 aliphatic rings. The van der Waals surface area contributed by atoms with Gasteiger partial charge in [-0.2, -0.15) is 5.10 Å². The molecule has 1 aliphatic heterocycles. The van der Waals surface area contributed by atoms with Crippen LogP contribution in [0.5, 0.6) is 5.75 Å². The van der Waals surface area contributed by atoms with E-state index in [4.69, 9.17) is 0 Å². The average molecular weight is 478 g/mol. The summed E-state index contributed by atoms with van der Waals surface area (Å²) in [5.41, 5.74) is 6.74. The number of hydrazone groups is 1. The van der Waals surface area contributed by atoms with Crippen molar-refractivity contribution in [3.63, 3.8) is 0 Å². The van der Waals surface area contributed by atoms with Crippen LogP contribution in [0.3, 0.4) is 0 Å². The number of aryl methyl sites for hydroxylation is 1. The van der Waals surface area contributed by atoms with Gasteiger partial charge < -0.3 is 5.11 Å². The molecule has 0 saturated heterocycles. The Labute approximate surface area is 206 Å². The maximum Gasteiger partial charge on any atom is 0.253 e. The number of phenolic OH excluding ortho intramolecular Hbond substituents is 1. The van der Waals surface area contributed by atoms with Crippen molar-refractivity contribution in [1.82, 2.24) is 10.3 Å². The van der Waals surface area contributed by atoms with Gasteiger partial charge in [0, 0.05) is 36.2 Å². The first-order chi connectivity index (χ1) is 16.9. The predicted molar refractivity (Wildman–Crippen MR) is 133 cm³/mol. The number of phenols is 1. The van der Waals surface area contributed by atoms with Crippen LogP contribution >= 0.6 is 0 Å². The van der Waals surface area contributed by atoms with E-state index in [9.17, 15) is 19.5 Å². The van der Waals surface area contributed by atoms with Gasteiger partial charge in [-0.3, -0.25) is 19.3 Å². The molecule has 7 nitrogen and oxygen atoms in total. The first-order valence-electron chi connectivity index (χ1n) is 13.1. The summed E-state index contributed by atoms with van der Waals surface area (Å²) in [4.78, 5) is 36.8. The van der Waals surface area contributed by atoms with Gasteiger partial charge in [-0.25, -0.2) is 5.43 Å². The van der Waals surface area contributed by atoms with Gasteiger partial charge >= 0.3 is 0 Å². The lowest BCUT2D eigenvalue weighted by Gasteiger charge is -2.49. The predicted octanol–water partition coefficient (Wildman–Crippen LogP) is 4.21. The molecule has 2 saturated carbocycles. The van der Waals surface area contributed by atoms with Crippen LogP contribution in [0, 0.1) is 17.3 Å². The van der Waals surface area contributed by atoms with Gasteiger partial charge in [-0.1, -0.05) is 19.4 Å². The number of amides is 3. The van der Waals surface area contributed by atoms with Gasteiger partial charge in [0.1, 0.15) is 5.75 Å². The summed E-state index contributed by atoms with van der Waals surface area (Å²) in [6.45, 7) is 2.75. The summed E-state index contributed by atoms with van der Waals surface area (Å²) in [5, 5.41) is 14.5. The molecule has 5 rings (SSSR count). The fourth-order valence-corrected chi connectivity index (χ4v) is 7.11. The zero-order valence-corrected chi connectivity index (χ0v) is 20.5. The highest BCUT2D eigenvalue weighted by Gasteiger charge is 2.53. The first-order valence-corrected chi connectivity index (χ1v) is 13.1. The third kappa shape index (κ3) is 4.53. The van der Waals surface area contributed by atoms with Crippen LogP contribution in [0.4, 0.5) is 0 Å². The fraction of sp³-hybridized carbons (Fsp3) is 0.571. The summed E-state index contributed by atoms with van der Waals surface area (Å²) in [5.74, 6) is 1.58. The third-order valence-corrected chi connectivity index (χ3v) is 8.95. The molecule has 1 aromatic carbocycles. The number of hydrogen-bond acceptors (Lipinski definition) is 5.